The zero-order valence-corrected chi connectivity index (χ0v) is 13.2. The van der Waals surface area contributed by atoms with Crippen LogP contribution in [0.2, 0.25) is 0 Å². The van der Waals surface area contributed by atoms with Gasteiger partial charge in [-0.15, -0.1) is 0 Å². The van der Waals surface area contributed by atoms with Crippen LogP contribution in [0.5, 0.6) is 0 Å². The highest BCUT2D eigenvalue weighted by molar-refractivity contribution is 5.98. The molecule has 1 fully saturated rings. The summed E-state index contributed by atoms with van der Waals surface area (Å²) in [6, 6.07) is 0. The average molecular weight is 277 g/mol. The lowest BCUT2D eigenvalue weighted by Gasteiger charge is -2.21. The Bertz CT molecular complexity index is 436. The van der Waals surface area contributed by atoms with Gasteiger partial charge in [-0.2, -0.15) is 4.99 Å². The van der Waals surface area contributed by atoms with Gasteiger partial charge in [-0.3, -0.25) is 0 Å². The van der Waals surface area contributed by atoms with E-state index in [-0.39, 0.29) is 0 Å². The van der Waals surface area contributed by atoms with Crippen molar-refractivity contribution in [3.8, 4) is 0 Å². The van der Waals surface area contributed by atoms with E-state index in [9.17, 15) is 0 Å². The summed E-state index contributed by atoms with van der Waals surface area (Å²) in [4.78, 5) is 14.2. The van der Waals surface area contributed by atoms with E-state index in [1.165, 1.54) is 12.0 Å². The van der Waals surface area contributed by atoms with Gasteiger partial charge >= 0.3 is 0 Å². The molecule has 5 nitrogen and oxygen atoms in total. The highest BCUT2D eigenvalue weighted by atomic mass is 15.3. The molecule has 0 unspecified atom stereocenters. The first-order valence-electron chi connectivity index (χ1n) is 7.60. The fourth-order valence-electron chi connectivity index (χ4n) is 2.64. The maximum absolute atomic E-state index is 4.79. The average Bonchev–Trinajstić information content (AvgIpc) is 2.68. The minimum absolute atomic E-state index is 0.880. The molecular formula is C15H27N5. The molecule has 0 spiro atoms. The van der Waals surface area contributed by atoms with E-state index in [1.807, 2.05) is 0 Å². The van der Waals surface area contributed by atoms with E-state index in [0.29, 0.717) is 0 Å². The molecule has 0 saturated carbocycles. The quantitative estimate of drug-likeness (QED) is 0.835. The first-order chi connectivity index (χ1) is 9.60. The zero-order chi connectivity index (χ0) is 14.5. The Labute approximate surface area is 122 Å². The number of aliphatic imine (C=N–C) groups is 2. The van der Waals surface area contributed by atoms with Crippen LogP contribution in [0, 0.1) is 0 Å². The minimum atomic E-state index is 0.880. The molecule has 0 atom stereocenters. The van der Waals surface area contributed by atoms with Crippen molar-refractivity contribution in [1.29, 1.82) is 0 Å². The van der Waals surface area contributed by atoms with Crippen LogP contribution in [-0.2, 0) is 0 Å². The number of nitrogens with one attached hydrogen (secondary N) is 1. The third kappa shape index (κ3) is 3.82. The summed E-state index contributed by atoms with van der Waals surface area (Å²) >= 11 is 0. The maximum Gasteiger partial charge on any atom is 0.227 e. The highest BCUT2D eigenvalue weighted by Crippen LogP contribution is 2.15. The van der Waals surface area contributed by atoms with Crippen LogP contribution >= 0.6 is 0 Å². The van der Waals surface area contributed by atoms with Gasteiger partial charge in [-0.1, -0.05) is 0 Å². The van der Waals surface area contributed by atoms with Gasteiger partial charge in [0.1, 0.15) is 5.82 Å². The monoisotopic (exact) mass is 277 g/mol. The molecule has 0 amide bonds. The summed E-state index contributed by atoms with van der Waals surface area (Å²) in [5.41, 5.74) is 2.42. The summed E-state index contributed by atoms with van der Waals surface area (Å²) in [6.45, 7) is 11.5. The number of allylic oxidation sites excluding steroid dienone is 1. The normalized spacial score (nSPS) is 22.1. The molecule has 2 aliphatic heterocycles. The summed E-state index contributed by atoms with van der Waals surface area (Å²) in [7, 11) is 2.18. The Morgan fingerprint density at radius 1 is 1.10 bits per heavy atom. The number of nitrogens with zero attached hydrogens (tertiary/aromatic N) is 4. The molecule has 0 aliphatic carbocycles. The van der Waals surface area contributed by atoms with E-state index >= 15 is 0 Å². The largest absolute Gasteiger partial charge is 0.370 e. The van der Waals surface area contributed by atoms with Crippen LogP contribution < -0.4 is 5.32 Å². The zero-order valence-electron chi connectivity index (χ0n) is 13.2. The van der Waals surface area contributed by atoms with Gasteiger partial charge in [0.15, 0.2) is 0 Å². The van der Waals surface area contributed by atoms with E-state index in [2.05, 4.69) is 42.9 Å². The van der Waals surface area contributed by atoms with Crippen molar-refractivity contribution in [1.82, 2.24) is 15.1 Å². The van der Waals surface area contributed by atoms with E-state index in [0.717, 1.165) is 56.6 Å². The fourth-order valence-corrected chi connectivity index (χ4v) is 2.64. The van der Waals surface area contributed by atoms with Gasteiger partial charge in [0, 0.05) is 38.3 Å². The van der Waals surface area contributed by atoms with Crippen molar-refractivity contribution < 1.29 is 0 Å². The third-order valence-corrected chi connectivity index (χ3v) is 3.77. The third-order valence-electron chi connectivity index (χ3n) is 3.77. The second-order valence-electron chi connectivity index (χ2n) is 5.74. The summed E-state index contributed by atoms with van der Waals surface area (Å²) in [5.74, 6) is 1.88. The fraction of sp³-hybridized carbons (Fsp3) is 0.733. The topological polar surface area (TPSA) is 43.2 Å². The molecule has 1 saturated heterocycles. The molecule has 0 radical (unpaired) electrons. The number of likely N-dealkylation sites (N-methyl/N-ethyl adjacent to an activating group) is 1. The Kier molecular flexibility index (Phi) is 5.17. The molecule has 2 rings (SSSR count). The number of guanidine groups is 1. The Balaban J connectivity index is 2.22. The van der Waals surface area contributed by atoms with Crippen molar-refractivity contribution in [3.63, 3.8) is 0 Å². The lowest BCUT2D eigenvalue weighted by molar-refractivity contribution is 0.345. The van der Waals surface area contributed by atoms with Crippen LogP contribution in [0.3, 0.4) is 0 Å². The molecule has 0 aromatic rings. The first kappa shape index (κ1) is 15.0. The van der Waals surface area contributed by atoms with Gasteiger partial charge in [0.25, 0.3) is 0 Å². The predicted octanol–water partition coefficient (Wildman–Crippen LogP) is 1.69. The van der Waals surface area contributed by atoms with Crippen LogP contribution in [0.25, 0.3) is 0 Å². The Hall–Kier alpha value is -1.36. The van der Waals surface area contributed by atoms with Gasteiger partial charge in [-0.05, 0) is 46.4 Å². The molecular weight excluding hydrogens is 250 g/mol. The van der Waals surface area contributed by atoms with Crippen LogP contribution in [0.4, 0.5) is 0 Å². The van der Waals surface area contributed by atoms with Gasteiger partial charge in [0.2, 0.25) is 5.96 Å². The van der Waals surface area contributed by atoms with Crippen molar-refractivity contribution in [3.05, 3.63) is 11.4 Å². The minimum Gasteiger partial charge on any atom is -0.370 e. The molecule has 0 bridgehead atoms. The predicted molar refractivity (Wildman–Crippen MR) is 85.2 cm³/mol. The molecule has 112 valence electrons. The smallest absolute Gasteiger partial charge is 0.227 e. The highest BCUT2D eigenvalue weighted by Gasteiger charge is 2.18. The molecule has 0 aromatic carbocycles. The van der Waals surface area contributed by atoms with Gasteiger partial charge < -0.3 is 15.1 Å². The van der Waals surface area contributed by atoms with Crippen LogP contribution in [-0.4, -0.2) is 61.2 Å². The van der Waals surface area contributed by atoms with Crippen LogP contribution in [0.15, 0.2) is 21.4 Å². The summed E-state index contributed by atoms with van der Waals surface area (Å²) in [5, 5.41) is 3.37. The lowest BCUT2D eigenvalue weighted by atomic mass is 10.1. The van der Waals surface area contributed by atoms with Crippen LogP contribution in [0.1, 0.15) is 33.6 Å². The molecule has 0 aromatic heterocycles. The number of hydrogen-bond acceptors (Lipinski definition) is 5. The second-order valence-corrected chi connectivity index (χ2v) is 5.74. The number of rotatable bonds is 2. The van der Waals surface area contributed by atoms with Crippen molar-refractivity contribution in [2.24, 2.45) is 9.98 Å². The molecule has 5 heteroatoms. The Morgan fingerprint density at radius 3 is 2.65 bits per heavy atom. The first-order valence-corrected chi connectivity index (χ1v) is 7.60. The van der Waals surface area contributed by atoms with E-state index in [1.54, 1.807) is 0 Å². The summed E-state index contributed by atoms with van der Waals surface area (Å²) in [6.07, 6.45) is 2.08. The second kappa shape index (κ2) is 6.88. The lowest BCUT2D eigenvalue weighted by Crippen LogP contribution is -2.34. The number of hydrogen-bond donors (Lipinski definition) is 1. The van der Waals surface area contributed by atoms with E-state index in [4.69, 9.17) is 9.98 Å². The SMILES string of the molecule is CCNC1=C(C)CC(C)=NC(N2CCCN(C)CC2)=N1. The molecule has 2 aliphatic rings. The van der Waals surface area contributed by atoms with E-state index < -0.39 is 0 Å². The van der Waals surface area contributed by atoms with Gasteiger partial charge in [0.05, 0.1) is 0 Å². The molecule has 1 N–H and O–H groups in total. The van der Waals surface area contributed by atoms with Crippen molar-refractivity contribution in [2.45, 2.75) is 33.6 Å². The van der Waals surface area contributed by atoms with Gasteiger partial charge in [-0.25, -0.2) is 4.99 Å². The molecule has 20 heavy (non-hydrogen) atoms. The summed E-state index contributed by atoms with van der Waals surface area (Å²) < 4.78 is 0. The Morgan fingerprint density at radius 2 is 1.90 bits per heavy atom. The molecule has 2 heterocycles. The maximum atomic E-state index is 4.79. The standard InChI is InChI=1S/C15H27N5/c1-5-16-14-12(2)11-13(3)17-15(18-14)20-8-6-7-19(4)9-10-20/h16H,5-11H2,1-4H3. The van der Waals surface area contributed by atoms with Crippen molar-refractivity contribution >= 4 is 11.7 Å². The van der Waals surface area contributed by atoms with Crippen molar-refractivity contribution in [2.75, 3.05) is 39.8 Å².